The lowest BCUT2D eigenvalue weighted by molar-refractivity contribution is 0.139. The molecule has 0 bridgehead atoms. The molecule has 5 heteroatoms. The van der Waals surface area contributed by atoms with Crippen molar-refractivity contribution in [1.29, 1.82) is 0 Å². The van der Waals surface area contributed by atoms with E-state index in [-0.39, 0.29) is 6.10 Å². The van der Waals surface area contributed by atoms with Gasteiger partial charge in [0, 0.05) is 0 Å². The number of carbonyl (C=O) groups is 1. The first-order valence-electron chi connectivity index (χ1n) is 4.74. The summed E-state index contributed by atoms with van der Waals surface area (Å²) in [5.74, 6) is 1.44. The zero-order valence-electron chi connectivity index (χ0n) is 8.64. The number of nitrogens with zero attached hydrogens (tertiary/aromatic N) is 2. The van der Waals surface area contributed by atoms with Gasteiger partial charge in [0.1, 0.15) is 17.6 Å². The molecular weight excluding hydrogens is 196 g/mol. The number of rotatable bonds is 2. The Bertz CT molecular complexity index is 397. The zero-order chi connectivity index (χ0) is 10.8. The molecule has 0 saturated carbocycles. The lowest BCUT2D eigenvalue weighted by Gasteiger charge is -2.02. The van der Waals surface area contributed by atoms with E-state index in [1.54, 1.807) is 6.07 Å². The summed E-state index contributed by atoms with van der Waals surface area (Å²) in [4.78, 5) is 11.2. The van der Waals surface area contributed by atoms with E-state index >= 15 is 0 Å². The monoisotopic (exact) mass is 208 g/mol. The van der Waals surface area contributed by atoms with Crippen LogP contribution in [0.25, 0.3) is 0 Å². The minimum absolute atomic E-state index is 0.104. The Balaban J connectivity index is 2.03. The van der Waals surface area contributed by atoms with Gasteiger partial charge in [-0.15, -0.1) is 0 Å². The highest BCUT2D eigenvalue weighted by Crippen LogP contribution is 2.11. The van der Waals surface area contributed by atoms with Crippen LogP contribution >= 0.6 is 0 Å². The normalized spacial score (nSPS) is 21.3. The Kier molecular flexibility index (Phi) is 2.45. The summed E-state index contributed by atoms with van der Waals surface area (Å²) < 4.78 is 10.2. The SMILES string of the molecule is Cc1ccc(C=NN2CC(C)OC2=O)o1. The second-order valence-electron chi connectivity index (χ2n) is 3.47. The van der Waals surface area contributed by atoms with Gasteiger partial charge in [0.05, 0.1) is 12.8 Å². The van der Waals surface area contributed by atoms with Crippen molar-refractivity contribution in [3.05, 3.63) is 23.7 Å². The third-order valence-electron chi connectivity index (χ3n) is 2.03. The first-order valence-corrected chi connectivity index (χ1v) is 4.74. The van der Waals surface area contributed by atoms with Gasteiger partial charge in [-0.25, -0.2) is 4.79 Å². The fraction of sp³-hybridized carbons (Fsp3) is 0.400. The number of cyclic esters (lactones) is 1. The number of carbonyl (C=O) groups excluding carboxylic acids is 1. The van der Waals surface area contributed by atoms with Crippen LogP contribution in [0.4, 0.5) is 4.79 Å². The molecule has 1 aromatic rings. The van der Waals surface area contributed by atoms with Gasteiger partial charge in [0.15, 0.2) is 0 Å². The molecule has 0 aromatic carbocycles. The maximum Gasteiger partial charge on any atom is 0.430 e. The van der Waals surface area contributed by atoms with Gasteiger partial charge in [-0.3, -0.25) is 0 Å². The maximum absolute atomic E-state index is 11.2. The highest BCUT2D eigenvalue weighted by Gasteiger charge is 2.27. The van der Waals surface area contributed by atoms with Crippen molar-refractivity contribution in [2.75, 3.05) is 6.54 Å². The standard InChI is InChI=1S/C10H12N2O3/c1-7-3-4-9(14-7)5-11-12-6-8(2)15-10(12)13/h3-5,8H,6H2,1-2H3. The number of furan rings is 1. The molecule has 0 radical (unpaired) electrons. The van der Waals surface area contributed by atoms with Crippen molar-refractivity contribution in [2.24, 2.45) is 5.10 Å². The predicted octanol–water partition coefficient (Wildman–Crippen LogP) is 1.76. The van der Waals surface area contributed by atoms with Crippen LogP contribution in [-0.2, 0) is 4.74 Å². The molecule has 1 unspecified atom stereocenters. The fourth-order valence-corrected chi connectivity index (χ4v) is 1.33. The van der Waals surface area contributed by atoms with E-state index in [1.165, 1.54) is 11.2 Å². The van der Waals surface area contributed by atoms with Crippen LogP contribution in [0.5, 0.6) is 0 Å². The molecule has 80 valence electrons. The van der Waals surface area contributed by atoms with Crippen molar-refractivity contribution in [3.8, 4) is 0 Å². The summed E-state index contributed by atoms with van der Waals surface area (Å²) >= 11 is 0. The molecule has 15 heavy (non-hydrogen) atoms. The minimum Gasteiger partial charge on any atom is -0.460 e. The number of ether oxygens (including phenoxy) is 1. The first-order chi connectivity index (χ1) is 7.15. The number of hydrogen-bond acceptors (Lipinski definition) is 4. The van der Waals surface area contributed by atoms with Crippen molar-refractivity contribution in [3.63, 3.8) is 0 Å². The van der Waals surface area contributed by atoms with Crippen LogP contribution in [0.1, 0.15) is 18.4 Å². The number of amides is 1. The molecule has 5 nitrogen and oxygen atoms in total. The van der Waals surface area contributed by atoms with Crippen molar-refractivity contribution < 1.29 is 13.9 Å². The molecule has 1 amide bonds. The van der Waals surface area contributed by atoms with Crippen LogP contribution in [0.15, 0.2) is 21.7 Å². The molecule has 0 aliphatic carbocycles. The van der Waals surface area contributed by atoms with Crippen molar-refractivity contribution >= 4 is 12.3 Å². The molecule has 1 saturated heterocycles. The highest BCUT2D eigenvalue weighted by atomic mass is 16.6. The average molecular weight is 208 g/mol. The van der Waals surface area contributed by atoms with Crippen LogP contribution in [0.2, 0.25) is 0 Å². The Morgan fingerprint density at radius 1 is 1.60 bits per heavy atom. The van der Waals surface area contributed by atoms with E-state index in [0.717, 1.165) is 5.76 Å². The second kappa shape index (κ2) is 3.76. The van der Waals surface area contributed by atoms with E-state index in [4.69, 9.17) is 9.15 Å². The maximum atomic E-state index is 11.2. The summed E-state index contributed by atoms with van der Waals surface area (Å²) in [6.45, 7) is 4.16. The van der Waals surface area contributed by atoms with Crippen LogP contribution < -0.4 is 0 Å². The molecule has 1 aliphatic rings. The summed E-state index contributed by atoms with van der Waals surface area (Å²) in [5, 5.41) is 5.26. The largest absolute Gasteiger partial charge is 0.460 e. The first kappa shape index (κ1) is 9.76. The Hall–Kier alpha value is -1.78. The van der Waals surface area contributed by atoms with E-state index in [1.807, 2.05) is 19.9 Å². The van der Waals surface area contributed by atoms with Gasteiger partial charge in [-0.05, 0) is 26.0 Å². The second-order valence-corrected chi connectivity index (χ2v) is 3.47. The summed E-state index contributed by atoms with van der Waals surface area (Å²) in [7, 11) is 0. The van der Waals surface area contributed by atoms with E-state index < -0.39 is 6.09 Å². The molecule has 1 aliphatic heterocycles. The van der Waals surface area contributed by atoms with Gasteiger partial charge < -0.3 is 9.15 Å². The quantitative estimate of drug-likeness (QED) is 0.696. The van der Waals surface area contributed by atoms with Gasteiger partial charge in [0.2, 0.25) is 0 Å². The van der Waals surface area contributed by atoms with Crippen LogP contribution in [-0.4, -0.2) is 30.0 Å². The molecule has 2 rings (SSSR count). The lowest BCUT2D eigenvalue weighted by Crippen LogP contribution is -2.18. The molecule has 2 heterocycles. The average Bonchev–Trinajstić information content (AvgIpc) is 2.70. The van der Waals surface area contributed by atoms with Crippen LogP contribution in [0, 0.1) is 6.92 Å². The Labute approximate surface area is 87.3 Å². The van der Waals surface area contributed by atoms with Crippen LogP contribution in [0.3, 0.4) is 0 Å². The topological polar surface area (TPSA) is 55.0 Å². The molecule has 0 spiro atoms. The smallest absolute Gasteiger partial charge is 0.430 e. The molecule has 0 N–H and O–H groups in total. The Morgan fingerprint density at radius 3 is 2.93 bits per heavy atom. The lowest BCUT2D eigenvalue weighted by atomic mass is 10.4. The summed E-state index contributed by atoms with van der Waals surface area (Å²) in [6.07, 6.45) is 0.988. The molecule has 1 fully saturated rings. The third-order valence-corrected chi connectivity index (χ3v) is 2.03. The predicted molar refractivity (Wildman–Crippen MR) is 53.7 cm³/mol. The third kappa shape index (κ3) is 2.18. The highest BCUT2D eigenvalue weighted by molar-refractivity contribution is 5.78. The van der Waals surface area contributed by atoms with Crippen molar-refractivity contribution in [2.45, 2.75) is 20.0 Å². The van der Waals surface area contributed by atoms with E-state index in [0.29, 0.717) is 12.3 Å². The van der Waals surface area contributed by atoms with Gasteiger partial charge in [-0.2, -0.15) is 10.1 Å². The molecular formula is C10H12N2O3. The van der Waals surface area contributed by atoms with E-state index in [9.17, 15) is 4.79 Å². The van der Waals surface area contributed by atoms with Gasteiger partial charge >= 0.3 is 6.09 Å². The molecule has 1 atom stereocenters. The Morgan fingerprint density at radius 2 is 2.40 bits per heavy atom. The van der Waals surface area contributed by atoms with Crippen molar-refractivity contribution in [1.82, 2.24) is 5.01 Å². The zero-order valence-corrected chi connectivity index (χ0v) is 8.64. The van der Waals surface area contributed by atoms with Gasteiger partial charge in [-0.1, -0.05) is 0 Å². The summed E-state index contributed by atoms with van der Waals surface area (Å²) in [5.41, 5.74) is 0. The van der Waals surface area contributed by atoms with E-state index in [2.05, 4.69) is 5.10 Å². The number of hydrogen-bond donors (Lipinski definition) is 0. The molecule has 1 aromatic heterocycles. The number of hydrazone groups is 1. The summed E-state index contributed by atoms with van der Waals surface area (Å²) in [6, 6.07) is 3.63. The fourth-order valence-electron chi connectivity index (χ4n) is 1.33. The number of aryl methyl sites for hydroxylation is 1. The van der Waals surface area contributed by atoms with Gasteiger partial charge in [0.25, 0.3) is 0 Å². The minimum atomic E-state index is -0.415.